The van der Waals surface area contributed by atoms with Crippen LogP contribution < -0.4 is 9.47 Å². The molecule has 0 aromatic heterocycles. The molecule has 0 saturated carbocycles. The first-order chi connectivity index (χ1) is 13.1. The molecular formula is C22H25FO5. The molecule has 5 nitrogen and oxygen atoms in total. The van der Waals surface area contributed by atoms with E-state index in [1.165, 1.54) is 12.1 Å². The van der Waals surface area contributed by atoms with Gasteiger partial charge in [0.05, 0.1) is 0 Å². The van der Waals surface area contributed by atoms with Crippen LogP contribution in [-0.4, -0.2) is 21.8 Å². The number of hydrogen-bond acceptors (Lipinski definition) is 4. The third-order valence-electron chi connectivity index (χ3n) is 5.32. The molecule has 0 saturated heterocycles. The van der Waals surface area contributed by atoms with Gasteiger partial charge in [-0.25, -0.2) is 4.39 Å². The summed E-state index contributed by atoms with van der Waals surface area (Å²) in [4.78, 5) is 10.8. The molecule has 2 aromatic carbocycles. The fraction of sp³-hybridized carbons (Fsp3) is 0.409. The van der Waals surface area contributed by atoms with Gasteiger partial charge in [-0.3, -0.25) is 4.79 Å². The van der Waals surface area contributed by atoms with Gasteiger partial charge >= 0.3 is 5.97 Å². The van der Waals surface area contributed by atoms with Gasteiger partial charge in [0, 0.05) is 17.5 Å². The summed E-state index contributed by atoms with van der Waals surface area (Å²) in [5.41, 5.74) is 3.00. The summed E-state index contributed by atoms with van der Waals surface area (Å²) in [7, 11) is 0. The highest BCUT2D eigenvalue weighted by Gasteiger charge is 2.41. The van der Waals surface area contributed by atoms with Crippen LogP contribution in [0.4, 0.5) is 4.39 Å². The molecule has 2 aromatic rings. The van der Waals surface area contributed by atoms with Crippen molar-refractivity contribution in [2.45, 2.75) is 58.8 Å². The number of halogens is 1. The van der Waals surface area contributed by atoms with E-state index in [0.717, 1.165) is 16.7 Å². The SMILES string of the molecule is Cc1c(CCC(=O)O)ccc(OCc2cc(F)cc3c2OC(C)(C)C3O)c1C. The number of rotatable bonds is 6. The van der Waals surface area contributed by atoms with Crippen molar-refractivity contribution in [2.75, 3.05) is 0 Å². The van der Waals surface area contributed by atoms with Crippen LogP contribution in [0, 0.1) is 19.7 Å². The van der Waals surface area contributed by atoms with Crippen LogP contribution in [0.5, 0.6) is 11.5 Å². The van der Waals surface area contributed by atoms with E-state index < -0.39 is 23.5 Å². The lowest BCUT2D eigenvalue weighted by Gasteiger charge is -2.22. The number of aliphatic carboxylic acids is 1. The molecular weight excluding hydrogens is 363 g/mol. The van der Waals surface area contributed by atoms with E-state index in [1.54, 1.807) is 19.9 Å². The van der Waals surface area contributed by atoms with E-state index in [1.807, 2.05) is 19.9 Å². The molecule has 1 heterocycles. The zero-order valence-corrected chi connectivity index (χ0v) is 16.5. The monoisotopic (exact) mass is 388 g/mol. The van der Waals surface area contributed by atoms with Crippen molar-refractivity contribution in [3.05, 3.63) is 57.9 Å². The zero-order chi connectivity index (χ0) is 20.6. The van der Waals surface area contributed by atoms with Crippen LogP contribution in [-0.2, 0) is 17.8 Å². The number of benzene rings is 2. The molecule has 0 radical (unpaired) electrons. The molecule has 6 heteroatoms. The van der Waals surface area contributed by atoms with Crippen molar-refractivity contribution < 1.29 is 28.9 Å². The summed E-state index contributed by atoms with van der Waals surface area (Å²) in [5, 5.41) is 19.2. The minimum Gasteiger partial charge on any atom is -0.488 e. The Labute approximate surface area is 163 Å². The van der Waals surface area contributed by atoms with Gasteiger partial charge in [-0.2, -0.15) is 0 Å². The molecule has 28 heavy (non-hydrogen) atoms. The van der Waals surface area contributed by atoms with Gasteiger partial charge in [0.15, 0.2) is 0 Å². The molecule has 0 spiro atoms. The second-order valence-corrected chi connectivity index (χ2v) is 7.75. The third-order valence-corrected chi connectivity index (χ3v) is 5.32. The van der Waals surface area contributed by atoms with Gasteiger partial charge in [0.1, 0.15) is 35.6 Å². The Morgan fingerprint density at radius 3 is 2.61 bits per heavy atom. The van der Waals surface area contributed by atoms with E-state index >= 15 is 0 Å². The van der Waals surface area contributed by atoms with Gasteiger partial charge in [-0.05, 0) is 69.0 Å². The first-order valence-electron chi connectivity index (χ1n) is 9.23. The molecule has 3 rings (SSSR count). The van der Waals surface area contributed by atoms with Crippen LogP contribution in [0.2, 0.25) is 0 Å². The van der Waals surface area contributed by atoms with E-state index in [2.05, 4.69) is 0 Å². The number of carbonyl (C=O) groups is 1. The number of ether oxygens (including phenoxy) is 2. The number of carboxylic acids is 1. The molecule has 0 amide bonds. The molecule has 1 atom stereocenters. The number of aliphatic hydroxyl groups is 1. The van der Waals surface area contributed by atoms with Crippen molar-refractivity contribution in [3.63, 3.8) is 0 Å². The Morgan fingerprint density at radius 2 is 1.93 bits per heavy atom. The first kappa shape index (κ1) is 20.1. The van der Waals surface area contributed by atoms with Gasteiger partial charge in [0.25, 0.3) is 0 Å². The molecule has 2 N–H and O–H groups in total. The Bertz CT molecular complexity index is 920. The summed E-state index contributed by atoms with van der Waals surface area (Å²) in [6.45, 7) is 7.44. The van der Waals surface area contributed by atoms with Gasteiger partial charge in [-0.15, -0.1) is 0 Å². The van der Waals surface area contributed by atoms with Crippen LogP contribution in [0.3, 0.4) is 0 Å². The standard InChI is InChI=1S/C22H25FO5/c1-12-13(2)18(7-5-14(12)6-8-19(24)25)27-11-15-9-16(23)10-17-20(15)28-22(3,4)21(17)26/h5,7,9-10,21,26H,6,8,11H2,1-4H3,(H,24,25). The Hall–Kier alpha value is -2.60. The number of hydrogen-bond donors (Lipinski definition) is 2. The van der Waals surface area contributed by atoms with Crippen molar-refractivity contribution in [3.8, 4) is 11.5 Å². The summed E-state index contributed by atoms with van der Waals surface area (Å²) in [6.07, 6.45) is -0.374. The minimum atomic E-state index is -0.908. The number of fused-ring (bicyclic) bond motifs is 1. The highest BCUT2D eigenvalue weighted by Crippen LogP contribution is 2.45. The van der Waals surface area contributed by atoms with E-state index in [9.17, 15) is 14.3 Å². The lowest BCUT2D eigenvalue weighted by Crippen LogP contribution is -2.30. The van der Waals surface area contributed by atoms with Crippen molar-refractivity contribution in [2.24, 2.45) is 0 Å². The maximum Gasteiger partial charge on any atom is 0.303 e. The number of carboxylic acid groups (broad SMARTS) is 1. The smallest absolute Gasteiger partial charge is 0.303 e. The average Bonchev–Trinajstić information content (AvgIpc) is 2.85. The summed E-state index contributed by atoms with van der Waals surface area (Å²) < 4.78 is 25.8. The zero-order valence-electron chi connectivity index (χ0n) is 16.5. The van der Waals surface area contributed by atoms with Crippen molar-refractivity contribution in [1.29, 1.82) is 0 Å². The molecule has 1 aliphatic heterocycles. The Kier molecular flexibility index (Phi) is 5.35. The summed E-state index contributed by atoms with van der Waals surface area (Å²) >= 11 is 0. The maximum absolute atomic E-state index is 14.0. The largest absolute Gasteiger partial charge is 0.488 e. The fourth-order valence-electron chi connectivity index (χ4n) is 3.48. The quantitative estimate of drug-likeness (QED) is 0.774. The molecule has 0 fully saturated rings. The second kappa shape index (κ2) is 7.43. The van der Waals surface area contributed by atoms with Gasteiger partial charge < -0.3 is 19.7 Å². The summed E-state index contributed by atoms with van der Waals surface area (Å²) in [5.74, 6) is -0.171. The lowest BCUT2D eigenvalue weighted by atomic mass is 9.96. The first-order valence-corrected chi connectivity index (χ1v) is 9.23. The Morgan fingerprint density at radius 1 is 1.21 bits per heavy atom. The van der Waals surface area contributed by atoms with Crippen LogP contribution in [0.15, 0.2) is 24.3 Å². The fourth-order valence-corrected chi connectivity index (χ4v) is 3.48. The minimum absolute atomic E-state index is 0.0748. The van der Waals surface area contributed by atoms with E-state index in [-0.39, 0.29) is 13.0 Å². The van der Waals surface area contributed by atoms with Crippen LogP contribution in [0.25, 0.3) is 0 Å². The van der Waals surface area contributed by atoms with Crippen molar-refractivity contribution >= 4 is 5.97 Å². The van der Waals surface area contributed by atoms with Gasteiger partial charge in [-0.1, -0.05) is 6.07 Å². The highest BCUT2D eigenvalue weighted by molar-refractivity contribution is 5.67. The normalized spacial score (nSPS) is 17.1. The van der Waals surface area contributed by atoms with E-state index in [0.29, 0.717) is 29.0 Å². The topological polar surface area (TPSA) is 76.0 Å². The summed E-state index contributed by atoms with van der Waals surface area (Å²) in [6, 6.07) is 6.32. The molecule has 150 valence electrons. The van der Waals surface area contributed by atoms with Crippen LogP contribution in [0.1, 0.15) is 54.2 Å². The predicted octanol–water partition coefficient (Wildman–Crippen LogP) is 4.24. The lowest BCUT2D eigenvalue weighted by molar-refractivity contribution is -0.136. The molecule has 0 aliphatic carbocycles. The molecule has 1 unspecified atom stereocenters. The number of aryl methyl sites for hydroxylation is 1. The third kappa shape index (κ3) is 3.83. The van der Waals surface area contributed by atoms with Crippen LogP contribution >= 0.6 is 0 Å². The maximum atomic E-state index is 14.0. The molecule has 1 aliphatic rings. The second-order valence-electron chi connectivity index (χ2n) is 7.75. The average molecular weight is 388 g/mol. The van der Waals surface area contributed by atoms with Gasteiger partial charge in [0.2, 0.25) is 0 Å². The van der Waals surface area contributed by atoms with E-state index in [4.69, 9.17) is 14.6 Å². The predicted molar refractivity (Wildman–Crippen MR) is 102 cm³/mol. The molecule has 0 bridgehead atoms. The van der Waals surface area contributed by atoms with Crippen molar-refractivity contribution in [1.82, 2.24) is 0 Å². The Balaban J connectivity index is 1.82. The highest BCUT2D eigenvalue weighted by atomic mass is 19.1. The number of aliphatic hydroxyl groups excluding tert-OH is 1.